The Bertz CT molecular complexity index is 5400. The summed E-state index contributed by atoms with van der Waals surface area (Å²) in [7, 11) is 0. The number of hydrogen-bond donors (Lipinski definition) is 0. The lowest BCUT2D eigenvalue weighted by molar-refractivity contribution is 0.668. The lowest BCUT2D eigenvalue weighted by Gasteiger charge is -2.29. The maximum absolute atomic E-state index is 7.30. The van der Waals surface area contributed by atoms with Crippen LogP contribution in [0.4, 0.5) is 34.1 Å². The molecule has 4 nitrogen and oxygen atoms in total. The van der Waals surface area contributed by atoms with Crippen molar-refractivity contribution in [2.75, 3.05) is 9.80 Å². The molecular formula is C81H54N2O2S. The minimum absolute atomic E-state index is 0.813. The molecule has 0 aliphatic carbocycles. The van der Waals surface area contributed by atoms with Gasteiger partial charge in [-0.25, -0.2) is 0 Å². The molecule has 0 spiro atoms. The molecule has 406 valence electrons. The lowest BCUT2D eigenvalue weighted by atomic mass is 9.96. The topological polar surface area (TPSA) is 32.8 Å². The van der Waals surface area contributed by atoms with Crippen molar-refractivity contribution in [2.45, 2.75) is 6.92 Å². The van der Waals surface area contributed by atoms with E-state index in [9.17, 15) is 0 Å². The van der Waals surface area contributed by atoms with Gasteiger partial charge in [0.25, 0.3) is 0 Å². The van der Waals surface area contributed by atoms with Crippen molar-refractivity contribution in [1.29, 1.82) is 0 Å². The van der Waals surface area contributed by atoms with Gasteiger partial charge in [-0.3, -0.25) is 0 Å². The van der Waals surface area contributed by atoms with Crippen molar-refractivity contribution in [1.82, 2.24) is 0 Å². The third-order valence-corrected chi connectivity index (χ3v) is 18.2. The van der Waals surface area contributed by atoms with Gasteiger partial charge in [-0.05, 0) is 71.0 Å². The molecule has 0 fully saturated rings. The average molecular weight is 1120 g/mol. The molecule has 0 radical (unpaired) electrons. The molecule has 5 heteroatoms. The summed E-state index contributed by atoms with van der Waals surface area (Å²) in [4.78, 5) is 4.92. The van der Waals surface area contributed by atoms with Gasteiger partial charge in [0.2, 0.25) is 0 Å². The van der Waals surface area contributed by atoms with Gasteiger partial charge in [-0.2, -0.15) is 0 Å². The fourth-order valence-electron chi connectivity index (χ4n) is 13.1. The molecular weight excluding hydrogens is 1060 g/mol. The van der Waals surface area contributed by atoms with E-state index in [1.807, 2.05) is 23.5 Å². The Hall–Kier alpha value is -11.0. The lowest BCUT2D eigenvalue weighted by Crippen LogP contribution is -2.12. The average Bonchev–Trinajstić information content (AvgIpc) is 1.91. The molecule has 0 unspecified atom stereocenters. The number of benzene rings is 13. The van der Waals surface area contributed by atoms with Gasteiger partial charge in [0.15, 0.2) is 11.2 Å². The van der Waals surface area contributed by atoms with Gasteiger partial charge in [-0.15, -0.1) is 11.3 Å². The van der Waals surface area contributed by atoms with Crippen LogP contribution in [0.2, 0.25) is 0 Å². The first-order valence-electron chi connectivity index (χ1n) is 29.2. The second-order valence-corrected chi connectivity index (χ2v) is 22.9. The summed E-state index contributed by atoms with van der Waals surface area (Å²) in [6.45, 7) is 6.03. The number of nitrogens with zero attached hydrogens (tertiary/aromatic N) is 2. The third kappa shape index (κ3) is 8.27. The highest BCUT2D eigenvalue weighted by molar-refractivity contribution is 7.27. The maximum atomic E-state index is 7.30. The highest BCUT2D eigenvalue weighted by atomic mass is 32.1. The Kier molecular flexibility index (Phi) is 12.4. The summed E-state index contributed by atoms with van der Waals surface area (Å²) >= 11 is 1.86. The van der Waals surface area contributed by atoms with E-state index in [4.69, 9.17) is 8.83 Å². The molecule has 16 aromatic rings. The highest BCUT2D eigenvalue weighted by Gasteiger charge is 2.29. The summed E-state index contributed by atoms with van der Waals surface area (Å²) in [6.07, 6.45) is 7.90. The van der Waals surface area contributed by atoms with Gasteiger partial charge >= 0.3 is 0 Å². The van der Waals surface area contributed by atoms with Gasteiger partial charge in [0, 0.05) is 80.1 Å². The van der Waals surface area contributed by atoms with Crippen LogP contribution in [0.15, 0.2) is 313 Å². The Morgan fingerprint density at radius 2 is 0.767 bits per heavy atom. The molecule has 3 heterocycles. The number of furan rings is 2. The maximum Gasteiger partial charge on any atom is 0.159 e. The zero-order valence-electron chi connectivity index (χ0n) is 47.1. The minimum Gasteiger partial charge on any atom is -0.453 e. The first-order chi connectivity index (χ1) is 42.6. The van der Waals surface area contributed by atoms with Crippen LogP contribution >= 0.6 is 11.3 Å². The van der Waals surface area contributed by atoms with Crippen LogP contribution in [0, 0.1) is 0 Å². The molecule has 0 saturated heterocycles. The molecule has 86 heavy (non-hydrogen) atoms. The molecule has 0 aliphatic heterocycles. The first kappa shape index (κ1) is 50.7. The molecule has 0 aliphatic rings. The zero-order valence-corrected chi connectivity index (χ0v) is 47.9. The molecule has 16 rings (SSSR count). The number of rotatable bonds is 12. The van der Waals surface area contributed by atoms with E-state index in [2.05, 4.69) is 302 Å². The van der Waals surface area contributed by atoms with E-state index in [1.165, 1.54) is 25.6 Å². The van der Waals surface area contributed by atoms with Crippen molar-refractivity contribution in [3.63, 3.8) is 0 Å². The van der Waals surface area contributed by atoms with Crippen LogP contribution < -0.4 is 9.80 Å². The summed E-state index contributed by atoms with van der Waals surface area (Å²) in [5, 5.41) is 11.2. The second-order valence-electron chi connectivity index (χ2n) is 21.9. The molecule has 0 amide bonds. The molecule has 13 aromatic carbocycles. The monoisotopic (exact) mass is 1120 g/mol. The van der Waals surface area contributed by atoms with Crippen LogP contribution in [0.25, 0.3) is 125 Å². The predicted molar refractivity (Wildman–Crippen MR) is 368 cm³/mol. The molecule has 0 atom stereocenters. The summed E-state index contributed by atoms with van der Waals surface area (Å²) in [6, 6.07) is 98.6. The fourth-order valence-corrected chi connectivity index (χ4v) is 14.4. The number of thiophene rings is 1. The van der Waals surface area contributed by atoms with E-state index in [0.29, 0.717) is 0 Å². The molecule has 0 saturated carbocycles. The minimum atomic E-state index is 0.813. The number of para-hydroxylation sites is 6. The normalized spacial score (nSPS) is 12.1. The molecule has 3 aromatic heterocycles. The Labute approximate surface area is 502 Å². The van der Waals surface area contributed by atoms with E-state index < -0.39 is 0 Å². The van der Waals surface area contributed by atoms with Crippen LogP contribution in [-0.4, -0.2) is 0 Å². The zero-order chi connectivity index (χ0) is 57.2. The smallest absolute Gasteiger partial charge is 0.159 e. The van der Waals surface area contributed by atoms with Crippen molar-refractivity contribution < 1.29 is 8.83 Å². The van der Waals surface area contributed by atoms with Crippen LogP contribution in [0.5, 0.6) is 0 Å². The molecule has 0 N–H and O–H groups in total. The van der Waals surface area contributed by atoms with Gasteiger partial charge in [-0.1, -0.05) is 267 Å². The quantitative estimate of drug-likeness (QED) is 0.114. The second kappa shape index (κ2) is 21.0. The van der Waals surface area contributed by atoms with E-state index in [0.717, 1.165) is 139 Å². The summed E-state index contributed by atoms with van der Waals surface area (Å²) in [5.74, 6) is 0. The van der Waals surface area contributed by atoms with E-state index >= 15 is 0 Å². The van der Waals surface area contributed by atoms with Crippen LogP contribution in [0.3, 0.4) is 0 Å². The summed E-state index contributed by atoms with van der Waals surface area (Å²) in [5.41, 5.74) is 18.2. The number of anilines is 6. The number of fused-ring (bicyclic) bond motifs is 13. The third-order valence-electron chi connectivity index (χ3n) is 17.0. The van der Waals surface area contributed by atoms with E-state index in [1.54, 1.807) is 6.08 Å². The Morgan fingerprint density at radius 3 is 1.36 bits per heavy atom. The number of hydrogen-bond acceptors (Lipinski definition) is 5. The van der Waals surface area contributed by atoms with Crippen molar-refractivity contribution >= 4 is 137 Å². The highest BCUT2D eigenvalue weighted by Crippen LogP contribution is 2.55. The predicted octanol–water partition coefficient (Wildman–Crippen LogP) is 24.2. The Balaban J connectivity index is 0.981. The standard InChI is InChI=1S/C81H54N2O2S/c1-3-4-8-27-52(2)56-40-23-42-63-65-44-25-48-71(79(65)84-77(56)63)82(69-46-21-19-34-57(69)53-28-9-5-10-29-53)73-50-68-76-62-38-17-15-36-60(62)74(51-75(76)86-81(68)67-39-18-16-37-61(67)73)83(70-47-22-20-35-58(70)54-30-11-6-12-31-54)72-49-26-45-66-64-43-24-41-59(78(64)85-80(66)72)55-32-13-7-14-33-55/h3-51H,1H2,2H3/b8-4-,52-27+. The van der Waals surface area contributed by atoms with Crippen LogP contribution in [-0.2, 0) is 0 Å². The number of allylic oxidation sites excluding steroid dienone is 5. The Morgan fingerprint density at radius 1 is 0.349 bits per heavy atom. The SMILES string of the molecule is C=C/C=C\C=C(/C)c1cccc2c1oc1c(N(c3ccccc3-c3ccccc3)c3cc4c(sc5cc(N(c6ccccc6-c6ccccc6)c6cccc7c6oc6c(-c8ccccc8)cccc67)c6ccccc6c54)c4ccccc34)cccc12. The largest absolute Gasteiger partial charge is 0.453 e. The van der Waals surface area contributed by atoms with E-state index in [-0.39, 0.29) is 0 Å². The first-order valence-corrected chi connectivity index (χ1v) is 30.0. The van der Waals surface area contributed by atoms with Gasteiger partial charge < -0.3 is 18.6 Å². The van der Waals surface area contributed by atoms with Crippen LogP contribution in [0.1, 0.15) is 12.5 Å². The fraction of sp³-hybridized carbons (Fsp3) is 0.0123. The van der Waals surface area contributed by atoms with Gasteiger partial charge in [0.05, 0.1) is 34.1 Å². The van der Waals surface area contributed by atoms with Crippen molar-refractivity contribution in [3.05, 3.63) is 309 Å². The summed E-state index contributed by atoms with van der Waals surface area (Å²) < 4.78 is 17.0. The molecule has 0 bridgehead atoms. The van der Waals surface area contributed by atoms with Gasteiger partial charge in [0.1, 0.15) is 11.2 Å². The van der Waals surface area contributed by atoms with Crippen molar-refractivity contribution in [3.8, 4) is 33.4 Å². The van der Waals surface area contributed by atoms with Crippen molar-refractivity contribution in [2.24, 2.45) is 0 Å².